The molecule has 0 spiro atoms. The summed E-state index contributed by atoms with van der Waals surface area (Å²) in [5, 5.41) is 11.7. The van der Waals surface area contributed by atoms with Gasteiger partial charge < -0.3 is 14.8 Å². The molecular formula is C14H17F3N2O2. The van der Waals surface area contributed by atoms with Gasteiger partial charge in [0.05, 0.1) is 30.4 Å². The first kappa shape index (κ1) is 17.3. The van der Waals surface area contributed by atoms with E-state index >= 15 is 0 Å². The van der Waals surface area contributed by atoms with Crippen LogP contribution in [0.2, 0.25) is 0 Å². The highest BCUT2D eigenvalue weighted by atomic mass is 19.4. The summed E-state index contributed by atoms with van der Waals surface area (Å²) < 4.78 is 47.9. The molecule has 0 bridgehead atoms. The molecule has 1 N–H and O–H groups in total. The molecule has 0 heterocycles. The maximum absolute atomic E-state index is 12.6. The number of benzene rings is 1. The van der Waals surface area contributed by atoms with Gasteiger partial charge in [0, 0.05) is 25.9 Å². The summed E-state index contributed by atoms with van der Waals surface area (Å²) in [7, 11) is 1.59. The van der Waals surface area contributed by atoms with Gasteiger partial charge in [-0.25, -0.2) is 0 Å². The van der Waals surface area contributed by atoms with Gasteiger partial charge in [0.25, 0.3) is 0 Å². The molecule has 0 unspecified atom stereocenters. The molecule has 1 aromatic rings. The summed E-state index contributed by atoms with van der Waals surface area (Å²) in [6.45, 7) is 2.11. The van der Waals surface area contributed by atoms with Gasteiger partial charge in [0.1, 0.15) is 0 Å². The van der Waals surface area contributed by atoms with Crippen LogP contribution in [0.4, 0.5) is 18.9 Å². The third-order valence-electron chi connectivity index (χ3n) is 2.67. The van der Waals surface area contributed by atoms with Crippen molar-refractivity contribution in [2.45, 2.75) is 12.6 Å². The molecule has 0 saturated carbocycles. The van der Waals surface area contributed by atoms with E-state index in [4.69, 9.17) is 14.7 Å². The Kier molecular flexibility index (Phi) is 6.99. The van der Waals surface area contributed by atoms with Gasteiger partial charge in [-0.15, -0.1) is 0 Å². The Labute approximate surface area is 121 Å². The van der Waals surface area contributed by atoms with Crippen molar-refractivity contribution in [3.63, 3.8) is 0 Å². The van der Waals surface area contributed by atoms with Crippen LogP contribution in [0.5, 0.6) is 0 Å². The average molecular weight is 302 g/mol. The second kappa shape index (κ2) is 8.49. The molecule has 0 fully saturated rings. The minimum absolute atomic E-state index is 0.385. The Morgan fingerprint density at radius 2 is 2.00 bits per heavy atom. The summed E-state index contributed by atoms with van der Waals surface area (Å²) >= 11 is 0. The first-order valence-electron chi connectivity index (χ1n) is 6.41. The monoisotopic (exact) mass is 302 g/mol. The highest BCUT2D eigenvalue weighted by Crippen LogP contribution is 2.32. The first-order chi connectivity index (χ1) is 9.99. The normalized spacial score (nSPS) is 11.2. The smallest absolute Gasteiger partial charge is 0.385 e. The number of rotatable bonds is 8. The topological polar surface area (TPSA) is 54.3 Å². The van der Waals surface area contributed by atoms with E-state index in [1.165, 1.54) is 12.1 Å². The van der Waals surface area contributed by atoms with Gasteiger partial charge in [0.15, 0.2) is 0 Å². The van der Waals surface area contributed by atoms with Crippen molar-refractivity contribution in [3.8, 4) is 6.07 Å². The fraction of sp³-hybridized carbons (Fsp3) is 0.500. The van der Waals surface area contributed by atoms with E-state index < -0.39 is 11.7 Å². The highest BCUT2D eigenvalue weighted by molar-refractivity contribution is 5.53. The number of ether oxygens (including phenoxy) is 2. The number of methoxy groups -OCH3 is 1. The lowest BCUT2D eigenvalue weighted by Gasteiger charge is -2.11. The lowest BCUT2D eigenvalue weighted by molar-refractivity contribution is -0.137. The largest absolute Gasteiger partial charge is 0.417 e. The summed E-state index contributed by atoms with van der Waals surface area (Å²) in [6, 6.07) is 5.00. The van der Waals surface area contributed by atoms with Crippen molar-refractivity contribution in [2.75, 3.05) is 38.8 Å². The molecule has 1 rings (SSSR count). The highest BCUT2D eigenvalue weighted by Gasteiger charge is 2.33. The summed E-state index contributed by atoms with van der Waals surface area (Å²) in [5.74, 6) is 0. The van der Waals surface area contributed by atoms with Crippen LogP contribution in [0, 0.1) is 11.3 Å². The van der Waals surface area contributed by atoms with E-state index in [1.807, 2.05) is 0 Å². The molecule has 0 aliphatic rings. The molecule has 4 nitrogen and oxygen atoms in total. The van der Waals surface area contributed by atoms with E-state index in [-0.39, 0.29) is 5.56 Å². The van der Waals surface area contributed by atoms with E-state index in [0.717, 1.165) is 6.07 Å². The van der Waals surface area contributed by atoms with Crippen LogP contribution >= 0.6 is 0 Å². The van der Waals surface area contributed by atoms with Crippen molar-refractivity contribution < 1.29 is 22.6 Å². The summed E-state index contributed by atoms with van der Waals surface area (Å²) in [4.78, 5) is 0. The third-order valence-corrected chi connectivity index (χ3v) is 2.67. The van der Waals surface area contributed by atoms with Crippen molar-refractivity contribution >= 4 is 5.69 Å². The molecule has 0 radical (unpaired) electrons. The van der Waals surface area contributed by atoms with Crippen LogP contribution in [-0.2, 0) is 15.7 Å². The number of halogens is 3. The van der Waals surface area contributed by atoms with Gasteiger partial charge in [-0.3, -0.25) is 0 Å². The molecule has 0 aliphatic heterocycles. The fourth-order valence-electron chi connectivity index (χ4n) is 1.65. The molecule has 116 valence electrons. The van der Waals surface area contributed by atoms with Gasteiger partial charge in [0.2, 0.25) is 0 Å². The van der Waals surface area contributed by atoms with Crippen molar-refractivity contribution in [1.29, 1.82) is 5.26 Å². The zero-order chi connectivity index (χ0) is 15.7. The molecule has 7 heteroatoms. The number of anilines is 1. The standard InChI is InChI=1S/C14H17F3N2O2/c1-20-7-8-21-6-2-5-19-12-3-4-13(14(15,16)17)11(9-12)10-18/h3-4,9,19H,2,5-8H2,1H3. The summed E-state index contributed by atoms with van der Waals surface area (Å²) in [6.07, 6.45) is -3.81. The number of alkyl halides is 3. The van der Waals surface area contributed by atoms with E-state index in [2.05, 4.69) is 5.32 Å². The zero-order valence-electron chi connectivity index (χ0n) is 11.7. The number of hydrogen-bond donors (Lipinski definition) is 1. The second-order valence-corrected chi connectivity index (χ2v) is 4.26. The number of nitrogens with zero attached hydrogens (tertiary/aromatic N) is 1. The molecule has 0 aromatic heterocycles. The number of hydrogen-bond acceptors (Lipinski definition) is 4. The predicted molar refractivity (Wildman–Crippen MR) is 72.0 cm³/mol. The molecule has 0 aliphatic carbocycles. The quantitative estimate of drug-likeness (QED) is 0.750. The third kappa shape index (κ3) is 6.02. The maximum Gasteiger partial charge on any atom is 0.417 e. The van der Waals surface area contributed by atoms with Crippen molar-refractivity contribution in [3.05, 3.63) is 29.3 Å². The van der Waals surface area contributed by atoms with Crippen LogP contribution in [0.15, 0.2) is 18.2 Å². The predicted octanol–water partition coefficient (Wildman–Crippen LogP) is 3.04. The van der Waals surface area contributed by atoms with Crippen molar-refractivity contribution in [2.24, 2.45) is 0 Å². The lowest BCUT2D eigenvalue weighted by Crippen LogP contribution is -2.10. The zero-order valence-corrected chi connectivity index (χ0v) is 11.7. The van der Waals surface area contributed by atoms with Gasteiger partial charge in [-0.1, -0.05) is 0 Å². The first-order valence-corrected chi connectivity index (χ1v) is 6.41. The van der Waals surface area contributed by atoms with Crippen LogP contribution in [0.1, 0.15) is 17.5 Å². The van der Waals surface area contributed by atoms with E-state index in [9.17, 15) is 13.2 Å². The van der Waals surface area contributed by atoms with Crippen molar-refractivity contribution in [1.82, 2.24) is 0 Å². The van der Waals surface area contributed by atoms with Gasteiger partial charge in [-0.2, -0.15) is 18.4 Å². The Hall–Kier alpha value is -1.78. The molecular weight excluding hydrogens is 285 g/mol. The van der Waals surface area contributed by atoms with Crippen LogP contribution in [-0.4, -0.2) is 33.5 Å². The Bertz CT molecular complexity index is 484. The summed E-state index contributed by atoms with van der Waals surface area (Å²) in [5.41, 5.74) is -0.821. The molecule has 0 atom stereocenters. The minimum atomic E-state index is -4.52. The Balaban J connectivity index is 2.45. The minimum Gasteiger partial charge on any atom is -0.385 e. The van der Waals surface area contributed by atoms with E-state index in [0.29, 0.717) is 38.5 Å². The number of nitrogens with one attached hydrogen (secondary N) is 1. The molecule has 1 aromatic carbocycles. The Morgan fingerprint density at radius 3 is 2.62 bits per heavy atom. The van der Waals surface area contributed by atoms with E-state index in [1.54, 1.807) is 13.2 Å². The van der Waals surface area contributed by atoms with Gasteiger partial charge in [-0.05, 0) is 24.6 Å². The molecule has 21 heavy (non-hydrogen) atoms. The lowest BCUT2D eigenvalue weighted by atomic mass is 10.1. The maximum atomic E-state index is 12.6. The SMILES string of the molecule is COCCOCCCNc1ccc(C(F)(F)F)c(C#N)c1. The van der Waals surface area contributed by atoms with Crippen LogP contribution in [0.25, 0.3) is 0 Å². The Morgan fingerprint density at radius 1 is 1.24 bits per heavy atom. The number of nitriles is 1. The second-order valence-electron chi connectivity index (χ2n) is 4.26. The molecule has 0 amide bonds. The van der Waals surface area contributed by atoms with Crippen LogP contribution in [0.3, 0.4) is 0 Å². The van der Waals surface area contributed by atoms with Gasteiger partial charge >= 0.3 is 6.18 Å². The molecule has 0 saturated heterocycles. The fourth-order valence-corrected chi connectivity index (χ4v) is 1.65. The average Bonchev–Trinajstić information content (AvgIpc) is 2.45. The van der Waals surface area contributed by atoms with Crippen LogP contribution < -0.4 is 5.32 Å².